The van der Waals surface area contributed by atoms with Gasteiger partial charge in [-0.15, -0.1) is 0 Å². The molecule has 1 aliphatic heterocycles. The molecule has 0 atom stereocenters. The van der Waals surface area contributed by atoms with Crippen molar-refractivity contribution in [1.82, 2.24) is 0 Å². The Kier molecular flexibility index (Phi) is 2.97. The second-order valence-corrected chi connectivity index (χ2v) is 5.54. The minimum Gasteiger partial charge on any atom is -0.397 e. The highest BCUT2D eigenvalue weighted by molar-refractivity contribution is 5.69. The molecular formula is C14H19N3. The van der Waals surface area contributed by atoms with Crippen LogP contribution in [0, 0.1) is 16.7 Å². The van der Waals surface area contributed by atoms with Crippen molar-refractivity contribution in [3.63, 3.8) is 0 Å². The van der Waals surface area contributed by atoms with Gasteiger partial charge in [-0.05, 0) is 36.5 Å². The van der Waals surface area contributed by atoms with Gasteiger partial charge in [-0.1, -0.05) is 13.8 Å². The summed E-state index contributed by atoms with van der Waals surface area (Å²) in [5.74, 6) is 0. The Balaban J connectivity index is 2.17. The highest BCUT2D eigenvalue weighted by Crippen LogP contribution is 2.34. The predicted molar refractivity (Wildman–Crippen MR) is 70.8 cm³/mol. The molecule has 0 unspecified atom stereocenters. The molecule has 0 bridgehead atoms. The summed E-state index contributed by atoms with van der Waals surface area (Å²) in [7, 11) is 0. The number of benzene rings is 1. The second kappa shape index (κ2) is 4.29. The van der Waals surface area contributed by atoms with E-state index in [-0.39, 0.29) is 0 Å². The lowest BCUT2D eigenvalue weighted by Gasteiger charge is -2.38. The molecule has 1 fully saturated rings. The molecule has 0 spiro atoms. The fourth-order valence-corrected chi connectivity index (χ4v) is 2.27. The topological polar surface area (TPSA) is 53.0 Å². The van der Waals surface area contributed by atoms with Gasteiger partial charge in [-0.2, -0.15) is 5.26 Å². The Morgan fingerprint density at radius 2 is 1.94 bits per heavy atom. The predicted octanol–water partition coefficient (Wildman–Crippen LogP) is 2.77. The first kappa shape index (κ1) is 11.8. The van der Waals surface area contributed by atoms with Crippen molar-refractivity contribution >= 4 is 11.4 Å². The fraction of sp³-hybridized carbons (Fsp3) is 0.500. The first-order chi connectivity index (χ1) is 8.02. The molecular weight excluding hydrogens is 210 g/mol. The van der Waals surface area contributed by atoms with Gasteiger partial charge in [0.15, 0.2) is 0 Å². The summed E-state index contributed by atoms with van der Waals surface area (Å²) in [5, 5.41) is 8.81. The minimum atomic E-state index is 0.442. The summed E-state index contributed by atoms with van der Waals surface area (Å²) in [6.07, 6.45) is 2.37. The fourth-order valence-electron chi connectivity index (χ4n) is 2.27. The van der Waals surface area contributed by atoms with Crippen LogP contribution in [0.4, 0.5) is 11.4 Å². The van der Waals surface area contributed by atoms with E-state index in [1.165, 1.54) is 12.8 Å². The van der Waals surface area contributed by atoms with E-state index in [0.29, 0.717) is 16.7 Å². The Morgan fingerprint density at radius 1 is 1.29 bits per heavy atom. The van der Waals surface area contributed by atoms with Gasteiger partial charge >= 0.3 is 0 Å². The number of nitriles is 1. The van der Waals surface area contributed by atoms with E-state index in [0.717, 1.165) is 18.8 Å². The van der Waals surface area contributed by atoms with Gasteiger partial charge < -0.3 is 10.6 Å². The van der Waals surface area contributed by atoms with Crippen molar-refractivity contribution in [3.8, 4) is 6.07 Å². The number of hydrogen-bond acceptors (Lipinski definition) is 3. The Bertz CT molecular complexity index is 447. The van der Waals surface area contributed by atoms with Gasteiger partial charge in [0.2, 0.25) is 0 Å². The highest BCUT2D eigenvalue weighted by atomic mass is 15.1. The molecule has 2 rings (SSSR count). The number of nitrogen functional groups attached to an aromatic ring is 1. The molecule has 0 amide bonds. The van der Waals surface area contributed by atoms with Gasteiger partial charge in [0.1, 0.15) is 0 Å². The molecule has 17 heavy (non-hydrogen) atoms. The van der Waals surface area contributed by atoms with Crippen LogP contribution in [0.25, 0.3) is 0 Å². The lowest BCUT2D eigenvalue weighted by atomic mass is 9.82. The smallest absolute Gasteiger partial charge is 0.0992 e. The van der Waals surface area contributed by atoms with Crippen molar-refractivity contribution in [2.24, 2.45) is 5.41 Å². The third-order valence-corrected chi connectivity index (χ3v) is 3.61. The third-order valence-electron chi connectivity index (χ3n) is 3.61. The molecule has 3 nitrogen and oxygen atoms in total. The monoisotopic (exact) mass is 229 g/mol. The molecule has 0 radical (unpaired) electrons. The van der Waals surface area contributed by atoms with Crippen molar-refractivity contribution in [1.29, 1.82) is 5.26 Å². The average molecular weight is 229 g/mol. The van der Waals surface area contributed by atoms with Gasteiger partial charge in [-0.3, -0.25) is 0 Å². The summed E-state index contributed by atoms with van der Waals surface area (Å²) in [4.78, 5) is 2.32. The van der Waals surface area contributed by atoms with Crippen LogP contribution in [0.1, 0.15) is 32.3 Å². The van der Waals surface area contributed by atoms with Crippen molar-refractivity contribution < 1.29 is 0 Å². The minimum absolute atomic E-state index is 0.442. The molecule has 3 heteroatoms. The Morgan fingerprint density at radius 3 is 2.47 bits per heavy atom. The summed E-state index contributed by atoms with van der Waals surface area (Å²) in [5.41, 5.74) is 8.85. The zero-order chi connectivity index (χ0) is 12.5. The van der Waals surface area contributed by atoms with E-state index in [9.17, 15) is 0 Å². The highest BCUT2D eigenvalue weighted by Gasteiger charge is 2.26. The standard InChI is InChI=1S/C14H19N3/c1-14(2)5-7-17(8-6-14)13-4-3-11(10-15)9-12(13)16/h3-4,9H,5-8,16H2,1-2H3. The second-order valence-electron chi connectivity index (χ2n) is 5.54. The van der Waals surface area contributed by atoms with Gasteiger partial charge in [-0.25, -0.2) is 0 Å². The largest absolute Gasteiger partial charge is 0.397 e. The van der Waals surface area contributed by atoms with Crippen LogP contribution in [0.15, 0.2) is 18.2 Å². The molecule has 0 aromatic heterocycles. The van der Waals surface area contributed by atoms with E-state index in [4.69, 9.17) is 11.0 Å². The van der Waals surface area contributed by atoms with Crippen molar-refractivity contribution in [2.45, 2.75) is 26.7 Å². The number of nitrogens with zero attached hydrogens (tertiary/aromatic N) is 2. The normalized spacial score (nSPS) is 18.8. The first-order valence-corrected chi connectivity index (χ1v) is 6.06. The van der Waals surface area contributed by atoms with Crippen LogP contribution >= 0.6 is 0 Å². The average Bonchev–Trinajstić information content (AvgIpc) is 2.29. The van der Waals surface area contributed by atoms with Crippen molar-refractivity contribution in [2.75, 3.05) is 23.7 Å². The lowest BCUT2D eigenvalue weighted by Crippen LogP contribution is -2.37. The number of hydrogen-bond donors (Lipinski definition) is 1. The first-order valence-electron chi connectivity index (χ1n) is 6.06. The van der Waals surface area contributed by atoms with Crippen LogP contribution < -0.4 is 10.6 Å². The van der Waals surface area contributed by atoms with Gasteiger partial charge in [0, 0.05) is 13.1 Å². The van der Waals surface area contributed by atoms with E-state index in [1.807, 2.05) is 12.1 Å². The number of anilines is 2. The molecule has 2 N–H and O–H groups in total. The maximum atomic E-state index is 8.81. The molecule has 90 valence electrons. The van der Waals surface area contributed by atoms with Crippen molar-refractivity contribution in [3.05, 3.63) is 23.8 Å². The van der Waals surface area contributed by atoms with E-state index >= 15 is 0 Å². The maximum absolute atomic E-state index is 8.81. The van der Waals surface area contributed by atoms with E-state index in [2.05, 4.69) is 24.8 Å². The van der Waals surface area contributed by atoms with Crippen LogP contribution in [0.2, 0.25) is 0 Å². The molecule has 1 heterocycles. The SMILES string of the molecule is CC1(C)CCN(c2ccc(C#N)cc2N)CC1. The summed E-state index contributed by atoms with van der Waals surface area (Å²) in [6.45, 7) is 6.71. The van der Waals surface area contributed by atoms with Crippen LogP contribution in [-0.2, 0) is 0 Å². The Labute approximate surface area is 103 Å². The zero-order valence-electron chi connectivity index (χ0n) is 10.5. The molecule has 1 saturated heterocycles. The van der Waals surface area contributed by atoms with Crippen LogP contribution in [-0.4, -0.2) is 13.1 Å². The number of rotatable bonds is 1. The summed E-state index contributed by atoms with van der Waals surface area (Å²) >= 11 is 0. The Hall–Kier alpha value is -1.69. The summed E-state index contributed by atoms with van der Waals surface area (Å²) < 4.78 is 0. The molecule has 1 aromatic carbocycles. The maximum Gasteiger partial charge on any atom is 0.0992 e. The van der Waals surface area contributed by atoms with Gasteiger partial charge in [0.25, 0.3) is 0 Å². The van der Waals surface area contributed by atoms with Crippen LogP contribution in [0.5, 0.6) is 0 Å². The third kappa shape index (κ3) is 2.52. The zero-order valence-corrected chi connectivity index (χ0v) is 10.5. The molecule has 0 aliphatic carbocycles. The number of nitrogens with two attached hydrogens (primary N) is 1. The van der Waals surface area contributed by atoms with E-state index < -0.39 is 0 Å². The quantitative estimate of drug-likeness (QED) is 0.753. The van der Waals surface area contributed by atoms with E-state index in [1.54, 1.807) is 6.07 Å². The van der Waals surface area contributed by atoms with Crippen LogP contribution in [0.3, 0.4) is 0 Å². The summed E-state index contributed by atoms with van der Waals surface area (Å²) in [6, 6.07) is 7.67. The number of piperidine rings is 1. The molecule has 0 saturated carbocycles. The molecule has 1 aliphatic rings. The molecule has 1 aromatic rings. The van der Waals surface area contributed by atoms with Gasteiger partial charge in [0.05, 0.1) is 23.0 Å². The lowest BCUT2D eigenvalue weighted by molar-refractivity contribution is 0.280.